The minimum atomic E-state index is 0.273. The van der Waals surface area contributed by atoms with Gasteiger partial charge in [-0.05, 0) is 63.1 Å². The summed E-state index contributed by atoms with van der Waals surface area (Å²) in [6, 6.07) is 0.273. The molecule has 106 valence electrons. The average Bonchev–Trinajstić information content (AvgIpc) is 2.54. The molecule has 0 aliphatic carbocycles. The van der Waals surface area contributed by atoms with E-state index in [1.807, 2.05) is 14.0 Å². The van der Waals surface area contributed by atoms with E-state index in [-0.39, 0.29) is 6.04 Å². The first-order valence-electron chi connectivity index (χ1n) is 6.63. The van der Waals surface area contributed by atoms with Crippen LogP contribution in [0.25, 0.3) is 0 Å². The first-order valence-corrected chi connectivity index (χ1v) is 7.71. The summed E-state index contributed by atoms with van der Waals surface area (Å²) in [6.07, 6.45) is 1.20. The molecule has 1 saturated heterocycles. The van der Waals surface area contributed by atoms with Crippen LogP contribution in [0.3, 0.4) is 0 Å². The molecule has 0 bridgehead atoms. The molecule has 0 radical (unpaired) electrons. The Balaban J connectivity index is 2.36. The minimum Gasteiger partial charge on any atom is -0.372 e. The maximum Gasteiger partial charge on any atom is 0.149 e. The quantitative estimate of drug-likeness (QED) is 0.798. The van der Waals surface area contributed by atoms with Gasteiger partial charge in [-0.15, -0.1) is 0 Å². The zero-order valence-corrected chi connectivity index (χ0v) is 14.2. The van der Waals surface area contributed by atoms with E-state index < -0.39 is 0 Å². The molecular formula is C13H22IN5. The van der Waals surface area contributed by atoms with Crippen LogP contribution < -0.4 is 5.32 Å². The molecule has 0 spiro atoms. The number of likely N-dealkylation sites (N-methyl/N-ethyl adjacent to an activating group) is 2. The highest BCUT2D eigenvalue weighted by Gasteiger charge is 2.25. The topological polar surface area (TPSA) is 44.3 Å². The van der Waals surface area contributed by atoms with Crippen molar-refractivity contribution in [3.05, 3.63) is 15.1 Å². The molecule has 1 aromatic rings. The number of halogens is 1. The number of aromatic nitrogens is 2. The second-order valence-electron chi connectivity index (χ2n) is 5.19. The van der Waals surface area contributed by atoms with E-state index in [0.29, 0.717) is 0 Å². The number of anilines is 1. The monoisotopic (exact) mass is 375 g/mol. The molecule has 1 aliphatic heterocycles. The van der Waals surface area contributed by atoms with Crippen LogP contribution in [0.1, 0.15) is 24.0 Å². The highest BCUT2D eigenvalue weighted by Crippen LogP contribution is 2.25. The van der Waals surface area contributed by atoms with E-state index in [1.54, 1.807) is 0 Å². The van der Waals surface area contributed by atoms with Crippen molar-refractivity contribution in [2.75, 3.05) is 46.1 Å². The van der Waals surface area contributed by atoms with Crippen LogP contribution in [0, 0.1) is 10.5 Å². The molecule has 5 nitrogen and oxygen atoms in total. The summed E-state index contributed by atoms with van der Waals surface area (Å²) >= 11 is 2.30. The summed E-state index contributed by atoms with van der Waals surface area (Å²) in [5, 5.41) is 3.17. The van der Waals surface area contributed by atoms with Crippen LogP contribution in [0.15, 0.2) is 0 Å². The summed E-state index contributed by atoms with van der Waals surface area (Å²) in [5.41, 5.74) is 1.05. The number of aryl methyl sites for hydroxylation is 1. The Morgan fingerprint density at radius 3 is 2.68 bits per heavy atom. The van der Waals surface area contributed by atoms with Crippen LogP contribution >= 0.6 is 22.6 Å². The van der Waals surface area contributed by atoms with Crippen LogP contribution in [0.5, 0.6) is 0 Å². The lowest BCUT2D eigenvalue weighted by Crippen LogP contribution is -2.32. The normalized spacial score (nSPS) is 22.3. The second-order valence-corrected chi connectivity index (χ2v) is 6.27. The smallest absolute Gasteiger partial charge is 0.149 e. The van der Waals surface area contributed by atoms with E-state index >= 15 is 0 Å². The summed E-state index contributed by atoms with van der Waals surface area (Å²) in [5.74, 6) is 1.86. The fourth-order valence-corrected chi connectivity index (χ4v) is 2.96. The number of hydrogen-bond acceptors (Lipinski definition) is 5. The van der Waals surface area contributed by atoms with Crippen molar-refractivity contribution in [3.8, 4) is 0 Å². The third kappa shape index (κ3) is 3.35. The predicted molar refractivity (Wildman–Crippen MR) is 86.5 cm³/mol. The Kier molecular flexibility index (Phi) is 4.97. The third-order valence-corrected chi connectivity index (χ3v) is 4.93. The molecule has 1 unspecified atom stereocenters. The molecule has 1 aliphatic rings. The fourth-order valence-electron chi connectivity index (χ4n) is 2.45. The molecule has 6 heteroatoms. The molecule has 0 saturated carbocycles. The second kappa shape index (κ2) is 6.32. The Hall–Kier alpha value is -0.470. The van der Waals surface area contributed by atoms with Gasteiger partial charge in [0.2, 0.25) is 0 Å². The molecule has 1 aromatic heterocycles. The maximum absolute atomic E-state index is 4.70. The van der Waals surface area contributed by atoms with Crippen LogP contribution in [0.4, 0.5) is 5.82 Å². The van der Waals surface area contributed by atoms with Gasteiger partial charge >= 0.3 is 0 Å². The van der Waals surface area contributed by atoms with Gasteiger partial charge in [-0.1, -0.05) is 0 Å². The average molecular weight is 375 g/mol. The van der Waals surface area contributed by atoms with Crippen molar-refractivity contribution in [2.24, 2.45) is 0 Å². The largest absolute Gasteiger partial charge is 0.372 e. The molecule has 1 fully saturated rings. The Morgan fingerprint density at radius 2 is 2.00 bits per heavy atom. The minimum absolute atomic E-state index is 0.273. The maximum atomic E-state index is 4.70. The fraction of sp³-hybridized carbons (Fsp3) is 0.692. The van der Waals surface area contributed by atoms with E-state index in [9.17, 15) is 0 Å². The van der Waals surface area contributed by atoms with Gasteiger partial charge in [0.05, 0.1) is 15.3 Å². The van der Waals surface area contributed by atoms with Crippen LogP contribution in [-0.2, 0) is 0 Å². The molecule has 0 amide bonds. The lowest BCUT2D eigenvalue weighted by Gasteiger charge is -2.26. The molecule has 0 aromatic carbocycles. The summed E-state index contributed by atoms with van der Waals surface area (Å²) in [6.45, 7) is 5.27. The highest BCUT2D eigenvalue weighted by molar-refractivity contribution is 14.1. The number of nitrogens with zero attached hydrogens (tertiary/aromatic N) is 4. The molecular weight excluding hydrogens is 353 g/mol. The zero-order chi connectivity index (χ0) is 14.0. The zero-order valence-electron chi connectivity index (χ0n) is 12.1. The first kappa shape index (κ1) is 14.9. The van der Waals surface area contributed by atoms with E-state index in [2.05, 4.69) is 51.8 Å². The van der Waals surface area contributed by atoms with Crippen molar-refractivity contribution in [1.29, 1.82) is 0 Å². The van der Waals surface area contributed by atoms with Gasteiger partial charge < -0.3 is 10.2 Å². The van der Waals surface area contributed by atoms with E-state index in [1.165, 1.54) is 6.42 Å². The molecule has 2 heterocycles. The van der Waals surface area contributed by atoms with Gasteiger partial charge in [0, 0.05) is 13.6 Å². The van der Waals surface area contributed by atoms with E-state index in [4.69, 9.17) is 9.97 Å². The summed E-state index contributed by atoms with van der Waals surface area (Å²) in [4.78, 5) is 14.1. The van der Waals surface area contributed by atoms with E-state index in [0.717, 1.165) is 40.5 Å². The third-order valence-electron chi connectivity index (χ3n) is 3.64. The summed E-state index contributed by atoms with van der Waals surface area (Å²) < 4.78 is 1.11. The van der Waals surface area contributed by atoms with Crippen LogP contribution in [0.2, 0.25) is 0 Å². The standard InChI is InChI=1S/C13H22IN5/c1-9-11(14)13(15-2)17-12(16-9)10-8-18(3)6-5-7-19(10)4/h10H,5-8H2,1-4H3,(H,15,16,17). The number of rotatable bonds is 2. The predicted octanol–water partition coefficient (Wildman–Crippen LogP) is 1.74. The van der Waals surface area contributed by atoms with Gasteiger partial charge in [-0.3, -0.25) is 4.90 Å². The highest BCUT2D eigenvalue weighted by atomic mass is 127. The molecule has 1 N–H and O–H groups in total. The van der Waals surface area contributed by atoms with Gasteiger partial charge in [0.1, 0.15) is 11.6 Å². The van der Waals surface area contributed by atoms with Crippen molar-refractivity contribution >= 4 is 28.4 Å². The van der Waals surface area contributed by atoms with Crippen LogP contribution in [-0.4, -0.2) is 60.5 Å². The first-order chi connectivity index (χ1) is 9.02. The Labute approximate surface area is 128 Å². The van der Waals surface area contributed by atoms with Gasteiger partial charge in [0.25, 0.3) is 0 Å². The van der Waals surface area contributed by atoms with Crippen molar-refractivity contribution in [2.45, 2.75) is 19.4 Å². The van der Waals surface area contributed by atoms with Gasteiger partial charge in [0.15, 0.2) is 0 Å². The number of hydrogen-bond donors (Lipinski definition) is 1. The molecule has 1 atom stereocenters. The Bertz CT molecular complexity index is 451. The molecule has 2 rings (SSSR count). The Morgan fingerprint density at radius 1 is 1.26 bits per heavy atom. The van der Waals surface area contributed by atoms with Crippen molar-refractivity contribution < 1.29 is 0 Å². The number of nitrogens with one attached hydrogen (secondary N) is 1. The van der Waals surface area contributed by atoms with Gasteiger partial charge in [-0.2, -0.15) is 0 Å². The van der Waals surface area contributed by atoms with Crippen molar-refractivity contribution in [3.63, 3.8) is 0 Å². The van der Waals surface area contributed by atoms with Gasteiger partial charge in [-0.25, -0.2) is 9.97 Å². The lowest BCUT2D eigenvalue weighted by atomic mass is 10.2. The van der Waals surface area contributed by atoms with Crippen molar-refractivity contribution in [1.82, 2.24) is 19.8 Å². The lowest BCUT2D eigenvalue weighted by molar-refractivity contribution is 0.219. The molecule has 19 heavy (non-hydrogen) atoms. The SMILES string of the molecule is CNc1nc(C2CN(C)CCCN2C)nc(C)c1I. The summed E-state index contributed by atoms with van der Waals surface area (Å²) in [7, 11) is 6.25.